The van der Waals surface area contributed by atoms with Gasteiger partial charge in [-0.05, 0) is 37.4 Å². The summed E-state index contributed by atoms with van der Waals surface area (Å²) >= 11 is 0. The van der Waals surface area contributed by atoms with Gasteiger partial charge in [0.15, 0.2) is 17.2 Å². The SMILES string of the molecule is CC(C)OC(=O)c1cc(O)c(=O)c2c(O)c(O)ccc2c1. The van der Waals surface area contributed by atoms with Gasteiger partial charge in [0.25, 0.3) is 0 Å². The van der Waals surface area contributed by atoms with Crippen molar-refractivity contribution >= 4 is 16.7 Å². The molecule has 6 heteroatoms. The van der Waals surface area contributed by atoms with Gasteiger partial charge in [0, 0.05) is 0 Å². The molecule has 0 aliphatic carbocycles. The van der Waals surface area contributed by atoms with Crippen LogP contribution < -0.4 is 5.43 Å². The fourth-order valence-electron chi connectivity index (χ4n) is 1.90. The fourth-order valence-corrected chi connectivity index (χ4v) is 1.90. The first-order chi connectivity index (χ1) is 9.81. The van der Waals surface area contributed by atoms with Crippen LogP contribution in [0.3, 0.4) is 0 Å². The Kier molecular flexibility index (Phi) is 3.71. The maximum Gasteiger partial charge on any atom is 0.338 e. The first-order valence-electron chi connectivity index (χ1n) is 6.24. The maximum atomic E-state index is 12.0. The van der Waals surface area contributed by atoms with Crippen molar-refractivity contribution in [2.75, 3.05) is 0 Å². The number of hydrogen-bond donors (Lipinski definition) is 3. The Labute approximate surface area is 119 Å². The molecule has 0 unspecified atom stereocenters. The van der Waals surface area contributed by atoms with Crippen LogP contribution in [-0.2, 0) is 4.74 Å². The molecule has 0 amide bonds. The molecule has 0 bridgehead atoms. The second-order valence-corrected chi connectivity index (χ2v) is 4.81. The normalized spacial score (nSPS) is 10.8. The molecule has 0 atom stereocenters. The van der Waals surface area contributed by atoms with Crippen LogP contribution in [0.5, 0.6) is 17.2 Å². The van der Waals surface area contributed by atoms with Crippen molar-refractivity contribution in [2.45, 2.75) is 20.0 Å². The van der Waals surface area contributed by atoms with E-state index in [0.29, 0.717) is 0 Å². The van der Waals surface area contributed by atoms with Crippen LogP contribution in [0, 0.1) is 0 Å². The van der Waals surface area contributed by atoms with Gasteiger partial charge < -0.3 is 20.1 Å². The Morgan fingerprint density at radius 3 is 2.38 bits per heavy atom. The number of carbonyl (C=O) groups excluding carboxylic acids is 1. The summed E-state index contributed by atoms with van der Waals surface area (Å²) in [5.41, 5.74) is -0.916. The van der Waals surface area contributed by atoms with E-state index >= 15 is 0 Å². The summed E-state index contributed by atoms with van der Waals surface area (Å²) in [5.74, 6) is -2.56. The molecule has 21 heavy (non-hydrogen) atoms. The molecule has 0 spiro atoms. The molecule has 2 aromatic carbocycles. The van der Waals surface area contributed by atoms with E-state index in [1.165, 1.54) is 18.2 Å². The number of ether oxygens (including phenoxy) is 1. The van der Waals surface area contributed by atoms with Crippen molar-refractivity contribution in [1.82, 2.24) is 0 Å². The number of benzene rings is 1. The lowest BCUT2D eigenvalue weighted by Gasteiger charge is -2.06. The second kappa shape index (κ2) is 5.32. The summed E-state index contributed by atoms with van der Waals surface area (Å²) < 4.78 is 5.01. The van der Waals surface area contributed by atoms with E-state index in [0.717, 1.165) is 6.07 Å². The smallest absolute Gasteiger partial charge is 0.338 e. The number of fused-ring (bicyclic) bond motifs is 1. The van der Waals surface area contributed by atoms with Crippen molar-refractivity contribution in [3.63, 3.8) is 0 Å². The number of phenols is 2. The van der Waals surface area contributed by atoms with Gasteiger partial charge in [-0.25, -0.2) is 4.79 Å². The standard InChI is InChI=1S/C15H14O6/c1-7(2)21-15(20)9-5-8-3-4-10(16)13(18)12(8)14(19)11(17)6-9/h3-7,16,18H,1-2H3,(H,17,19). The van der Waals surface area contributed by atoms with Crippen molar-refractivity contribution in [1.29, 1.82) is 0 Å². The highest BCUT2D eigenvalue weighted by molar-refractivity contribution is 5.97. The van der Waals surface area contributed by atoms with Crippen molar-refractivity contribution in [3.8, 4) is 17.2 Å². The minimum absolute atomic E-state index is 0.0293. The highest BCUT2D eigenvalue weighted by atomic mass is 16.5. The van der Waals surface area contributed by atoms with Crippen LogP contribution in [0.15, 0.2) is 29.1 Å². The highest BCUT2D eigenvalue weighted by Gasteiger charge is 2.16. The molecular weight excluding hydrogens is 276 g/mol. The van der Waals surface area contributed by atoms with Gasteiger partial charge in [0.1, 0.15) is 0 Å². The van der Waals surface area contributed by atoms with Gasteiger partial charge in [-0.2, -0.15) is 0 Å². The molecule has 0 saturated heterocycles. The Hall–Kier alpha value is -2.76. The molecule has 0 heterocycles. The number of aromatic hydroxyl groups is 3. The molecule has 0 aromatic heterocycles. The maximum absolute atomic E-state index is 12.0. The minimum atomic E-state index is -0.887. The average molecular weight is 290 g/mol. The van der Waals surface area contributed by atoms with Crippen LogP contribution >= 0.6 is 0 Å². The van der Waals surface area contributed by atoms with Crippen molar-refractivity contribution in [2.24, 2.45) is 0 Å². The van der Waals surface area contributed by atoms with Crippen LogP contribution in [0.1, 0.15) is 24.2 Å². The van der Waals surface area contributed by atoms with E-state index in [1.54, 1.807) is 13.8 Å². The average Bonchev–Trinajstić information content (AvgIpc) is 2.52. The summed E-state index contributed by atoms with van der Waals surface area (Å²) in [4.78, 5) is 23.9. The number of hydrogen-bond acceptors (Lipinski definition) is 6. The molecule has 3 N–H and O–H groups in total. The molecular formula is C15H14O6. The molecule has 0 radical (unpaired) electrons. The summed E-state index contributed by atoms with van der Waals surface area (Å²) in [6.45, 7) is 3.34. The summed E-state index contributed by atoms with van der Waals surface area (Å²) in [5, 5.41) is 28.9. The predicted octanol–water partition coefficient (Wildman–Crippen LogP) is 1.88. The summed E-state index contributed by atoms with van der Waals surface area (Å²) in [7, 11) is 0. The fraction of sp³-hybridized carbons (Fsp3) is 0.200. The third-order valence-corrected chi connectivity index (χ3v) is 2.83. The minimum Gasteiger partial charge on any atom is -0.504 e. The Balaban J connectivity index is 2.80. The quantitative estimate of drug-likeness (QED) is 0.576. The van der Waals surface area contributed by atoms with E-state index in [1.807, 2.05) is 0 Å². The lowest BCUT2D eigenvalue weighted by atomic mass is 10.1. The predicted molar refractivity (Wildman–Crippen MR) is 75.8 cm³/mol. The zero-order chi connectivity index (χ0) is 15.7. The van der Waals surface area contributed by atoms with Crippen LogP contribution in [0.25, 0.3) is 10.8 Å². The van der Waals surface area contributed by atoms with Crippen LogP contribution in [-0.4, -0.2) is 27.4 Å². The molecule has 0 aliphatic heterocycles. The molecule has 0 fully saturated rings. The Bertz CT molecular complexity index is 779. The van der Waals surface area contributed by atoms with Gasteiger partial charge in [0.05, 0.1) is 17.1 Å². The summed E-state index contributed by atoms with van der Waals surface area (Å²) in [6, 6.07) is 4.83. The third kappa shape index (κ3) is 2.74. The second-order valence-electron chi connectivity index (χ2n) is 4.81. The van der Waals surface area contributed by atoms with Gasteiger partial charge in [-0.3, -0.25) is 4.79 Å². The van der Waals surface area contributed by atoms with E-state index in [2.05, 4.69) is 0 Å². The molecule has 2 aromatic rings. The van der Waals surface area contributed by atoms with Gasteiger partial charge >= 0.3 is 5.97 Å². The van der Waals surface area contributed by atoms with Gasteiger partial charge in [-0.1, -0.05) is 6.07 Å². The number of carbonyl (C=O) groups is 1. The van der Waals surface area contributed by atoms with E-state index in [-0.39, 0.29) is 22.4 Å². The molecule has 0 aliphatic rings. The van der Waals surface area contributed by atoms with Crippen molar-refractivity contribution in [3.05, 3.63) is 40.1 Å². The molecule has 0 saturated carbocycles. The lowest BCUT2D eigenvalue weighted by Crippen LogP contribution is -2.11. The first kappa shape index (κ1) is 14.6. The number of phenolic OH excluding ortho intramolecular Hbond substituents is 2. The van der Waals surface area contributed by atoms with E-state index in [4.69, 9.17) is 4.74 Å². The Morgan fingerprint density at radius 2 is 1.76 bits per heavy atom. The lowest BCUT2D eigenvalue weighted by molar-refractivity contribution is 0.0377. The monoisotopic (exact) mass is 290 g/mol. The Morgan fingerprint density at radius 1 is 1.10 bits per heavy atom. The molecule has 2 rings (SSSR count). The van der Waals surface area contributed by atoms with Crippen molar-refractivity contribution < 1.29 is 24.9 Å². The zero-order valence-electron chi connectivity index (χ0n) is 11.5. The highest BCUT2D eigenvalue weighted by Crippen LogP contribution is 2.32. The van der Waals surface area contributed by atoms with Crippen LogP contribution in [0.4, 0.5) is 0 Å². The number of rotatable bonds is 2. The molecule has 110 valence electrons. The first-order valence-corrected chi connectivity index (χ1v) is 6.24. The van der Waals surface area contributed by atoms with E-state index < -0.39 is 28.6 Å². The largest absolute Gasteiger partial charge is 0.504 e. The van der Waals surface area contributed by atoms with Gasteiger partial charge in [0.2, 0.25) is 5.43 Å². The third-order valence-electron chi connectivity index (χ3n) is 2.83. The number of esters is 1. The van der Waals surface area contributed by atoms with Gasteiger partial charge in [-0.15, -0.1) is 0 Å². The van der Waals surface area contributed by atoms with Crippen LogP contribution in [0.2, 0.25) is 0 Å². The zero-order valence-corrected chi connectivity index (χ0v) is 11.5. The topological polar surface area (TPSA) is 104 Å². The van der Waals surface area contributed by atoms with E-state index in [9.17, 15) is 24.9 Å². The molecule has 6 nitrogen and oxygen atoms in total. The summed E-state index contributed by atoms with van der Waals surface area (Å²) in [6.07, 6.45) is -0.361.